The van der Waals surface area contributed by atoms with Gasteiger partial charge in [-0.15, -0.1) is 0 Å². The molecule has 2 aromatic rings. The zero-order valence-corrected chi connectivity index (χ0v) is 10.2. The van der Waals surface area contributed by atoms with Crippen LogP contribution in [0.4, 0.5) is 4.39 Å². The monoisotopic (exact) mass is 257 g/mol. The highest BCUT2D eigenvalue weighted by atomic mass is 19.1. The SMILES string of the molecule is N#Cc1ccc(Cn2ccn(C3CC3)c2=O)c(F)c1. The van der Waals surface area contributed by atoms with Gasteiger partial charge in [-0.2, -0.15) is 5.26 Å². The van der Waals surface area contributed by atoms with Crippen LogP contribution in [-0.2, 0) is 6.54 Å². The predicted molar refractivity (Wildman–Crippen MR) is 67.2 cm³/mol. The molecular formula is C14H12FN3O. The van der Waals surface area contributed by atoms with Crippen LogP contribution < -0.4 is 5.69 Å². The average molecular weight is 257 g/mol. The second-order valence-corrected chi connectivity index (χ2v) is 4.77. The minimum absolute atomic E-state index is 0.105. The van der Waals surface area contributed by atoms with Crippen molar-refractivity contribution in [2.24, 2.45) is 0 Å². The molecule has 96 valence electrons. The van der Waals surface area contributed by atoms with E-state index in [4.69, 9.17) is 5.26 Å². The highest BCUT2D eigenvalue weighted by Crippen LogP contribution is 2.33. The summed E-state index contributed by atoms with van der Waals surface area (Å²) in [6, 6.07) is 6.50. The smallest absolute Gasteiger partial charge is 0.296 e. The Morgan fingerprint density at radius 1 is 1.37 bits per heavy atom. The molecule has 0 amide bonds. The van der Waals surface area contributed by atoms with Crippen LogP contribution in [0, 0.1) is 17.1 Å². The first kappa shape index (κ1) is 11.7. The van der Waals surface area contributed by atoms with E-state index in [1.54, 1.807) is 29.1 Å². The molecule has 0 radical (unpaired) electrons. The number of aromatic nitrogens is 2. The van der Waals surface area contributed by atoms with Gasteiger partial charge < -0.3 is 0 Å². The molecule has 0 aliphatic heterocycles. The molecule has 5 heteroatoms. The van der Waals surface area contributed by atoms with Crippen LogP contribution in [0.2, 0.25) is 0 Å². The van der Waals surface area contributed by atoms with Gasteiger partial charge in [-0.3, -0.25) is 9.13 Å². The van der Waals surface area contributed by atoms with Crippen molar-refractivity contribution in [3.05, 3.63) is 58.0 Å². The number of benzene rings is 1. The third-order valence-corrected chi connectivity index (χ3v) is 3.34. The van der Waals surface area contributed by atoms with Crippen LogP contribution >= 0.6 is 0 Å². The highest BCUT2D eigenvalue weighted by Gasteiger charge is 2.25. The maximum atomic E-state index is 13.8. The van der Waals surface area contributed by atoms with Gasteiger partial charge in [-0.25, -0.2) is 9.18 Å². The van der Waals surface area contributed by atoms with E-state index in [0.29, 0.717) is 11.6 Å². The van der Waals surface area contributed by atoms with E-state index < -0.39 is 5.82 Å². The van der Waals surface area contributed by atoms with Gasteiger partial charge in [0.1, 0.15) is 5.82 Å². The largest absolute Gasteiger partial charge is 0.328 e. The predicted octanol–water partition coefficient (Wildman–Crippen LogP) is 2.04. The van der Waals surface area contributed by atoms with Gasteiger partial charge >= 0.3 is 5.69 Å². The minimum Gasteiger partial charge on any atom is -0.296 e. The molecule has 1 aromatic carbocycles. The van der Waals surface area contributed by atoms with Gasteiger partial charge in [0, 0.05) is 24.0 Å². The number of halogens is 1. The molecule has 1 heterocycles. The molecule has 0 saturated heterocycles. The summed E-state index contributed by atoms with van der Waals surface area (Å²) in [7, 11) is 0. The number of nitriles is 1. The van der Waals surface area contributed by atoms with Gasteiger partial charge in [-0.1, -0.05) is 6.07 Å². The van der Waals surface area contributed by atoms with Crippen molar-refractivity contribution in [1.82, 2.24) is 9.13 Å². The number of rotatable bonds is 3. The summed E-state index contributed by atoms with van der Waals surface area (Å²) in [4.78, 5) is 12.0. The van der Waals surface area contributed by atoms with Gasteiger partial charge in [-0.05, 0) is 25.0 Å². The number of hydrogen-bond donors (Lipinski definition) is 0. The molecule has 0 atom stereocenters. The van der Waals surface area contributed by atoms with E-state index in [1.807, 2.05) is 6.07 Å². The van der Waals surface area contributed by atoms with Crippen molar-refractivity contribution in [3.63, 3.8) is 0 Å². The summed E-state index contributed by atoms with van der Waals surface area (Å²) in [5, 5.41) is 8.68. The first-order valence-electron chi connectivity index (χ1n) is 6.15. The van der Waals surface area contributed by atoms with Crippen molar-refractivity contribution < 1.29 is 4.39 Å². The summed E-state index contributed by atoms with van der Waals surface area (Å²) in [5.41, 5.74) is 0.588. The number of nitrogens with zero attached hydrogens (tertiary/aromatic N) is 3. The molecule has 1 aliphatic carbocycles. The van der Waals surface area contributed by atoms with E-state index in [9.17, 15) is 9.18 Å². The summed E-state index contributed by atoms with van der Waals surface area (Å²) < 4.78 is 16.9. The third-order valence-electron chi connectivity index (χ3n) is 3.34. The molecule has 0 bridgehead atoms. The second-order valence-electron chi connectivity index (χ2n) is 4.77. The lowest BCUT2D eigenvalue weighted by Gasteiger charge is -2.04. The fourth-order valence-electron chi connectivity index (χ4n) is 2.11. The quantitative estimate of drug-likeness (QED) is 0.845. The van der Waals surface area contributed by atoms with Gasteiger partial charge in [0.15, 0.2) is 0 Å². The lowest BCUT2D eigenvalue weighted by atomic mass is 10.1. The van der Waals surface area contributed by atoms with Crippen LogP contribution in [0.25, 0.3) is 0 Å². The lowest BCUT2D eigenvalue weighted by Crippen LogP contribution is -2.24. The molecule has 1 aliphatic rings. The van der Waals surface area contributed by atoms with Crippen molar-refractivity contribution in [2.75, 3.05) is 0 Å². The normalized spacial score (nSPS) is 14.3. The van der Waals surface area contributed by atoms with Crippen molar-refractivity contribution in [2.45, 2.75) is 25.4 Å². The van der Waals surface area contributed by atoms with Crippen LogP contribution in [0.3, 0.4) is 0 Å². The summed E-state index contributed by atoms with van der Waals surface area (Å²) in [6.07, 6.45) is 5.50. The Morgan fingerprint density at radius 2 is 2.16 bits per heavy atom. The Bertz CT molecular complexity index is 719. The molecule has 1 aromatic heterocycles. The molecule has 3 rings (SSSR count). The minimum atomic E-state index is -0.454. The first-order valence-corrected chi connectivity index (χ1v) is 6.15. The van der Waals surface area contributed by atoms with E-state index in [0.717, 1.165) is 12.8 Å². The molecule has 0 N–H and O–H groups in total. The van der Waals surface area contributed by atoms with Gasteiger partial charge in [0.2, 0.25) is 0 Å². The second kappa shape index (κ2) is 4.39. The molecule has 0 unspecified atom stereocenters. The van der Waals surface area contributed by atoms with E-state index >= 15 is 0 Å². The zero-order valence-electron chi connectivity index (χ0n) is 10.2. The number of imidazole rings is 1. The Balaban J connectivity index is 1.89. The fourth-order valence-corrected chi connectivity index (χ4v) is 2.11. The van der Waals surface area contributed by atoms with E-state index in [1.165, 1.54) is 10.6 Å². The van der Waals surface area contributed by atoms with Crippen LogP contribution in [0.5, 0.6) is 0 Å². The Kier molecular flexibility index (Phi) is 2.71. The first-order chi connectivity index (χ1) is 9.19. The molecule has 0 spiro atoms. The Hall–Kier alpha value is -2.35. The van der Waals surface area contributed by atoms with Crippen molar-refractivity contribution in [3.8, 4) is 6.07 Å². The number of hydrogen-bond acceptors (Lipinski definition) is 2. The molecule has 1 saturated carbocycles. The average Bonchev–Trinajstić information content (AvgIpc) is 3.18. The molecule has 4 nitrogen and oxygen atoms in total. The zero-order chi connectivity index (χ0) is 13.4. The van der Waals surface area contributed by atoms with Crippen molar-refractivity contribution >= 4 is 0 Å². The highest BCUT2D eigenvalue weighted by molar-refractivity contribution is 5.33. The lowest BCUT2D eigenvalue weighted by molar-refractivity contribution is 0.589. The molecule has 1 fully saturated rings. The van der Waals surface area contributed by atoms with Gasteiger partial charge in [0.25, 0.3) is 0 Å². The summed E-state index contributed by atoms with van der Waals surface area (Å²) in [5.74, 6) is -0.454. The third kappa shape index (κ3) is 2.17. The topological polar surface area (TPSA) is 50.7 Å². The molecule has 19 heavy (non-hydrogen) atoms. The Morgan fingerprint density at radius 3 is 2.79 bits per heavy atom. The van der Waals surface area contributed by atoms with E-state index in [-0.39, 0.29) is 17.8 Å². The standard InChI is InChI=1S/C14H12FN3O/c15-13-7-10(8-16)1-2-11(13)9-17-5-6-18(14(17)19)12-3-4-12/h1-2,5-7,12H,3-4,9H2. The molecular weight excluding hydrogens is 245 g/mol. The van der Waals surface area contributed by atoms with E-state index in [2.05, 4.69) is 0 Å². The summed E-state index contributed by atoms with van der Waals surface area (Å²) in [6.45, 7) is 0.191. The maximum absolute atomic E-state index is 13.8. The van der Waals surface area contributed by atoms with Gasteiger partial charge in [0.05, 0.1) is 18.2 Å². The summed E-state index contributed by atoms with van der Waals surface area (Å²) >= 11 is 0. The fraction of sp³-hybridized carbons (Fsp3) is 0.286. The van der Waals surface area contributed by atoms with Crippen LogP contribution in [-0.4, -0.2) is 9.13 Å². The Labute approximate surface area is 109 Å². The van der Waals surface area contributed by atoms with Crippen molar-refractivity contribution in [1.29, 1.82) is 5.26 Å². The van der Waals surface area contributed by atoms with Crippen LogP contribution in [0.1, 0.15) is 30.0 Å². The van der Waals surface area contributed by atoms with Crippen LogP contribution in [0.15, 0.2) is 35.4 Å². The maximum Gasteiger partial charge on any atom is 0.328 e.